The summed E-state index contributed by atoms with van der Waals surface area (Å²) < 4.78 is 0. The maximum absolute atomic E-state index is 11.1. The van der Waals surface area contributed by atoms with Crippen LogP contribution in [0.3, 0.4) is 0 Å². The van der Waals surface area contributed by atoms with Crippen LogP contribution < -0.4 is 4.90 Å². The first kappa shape index (κ1) is 9.12. The molecule has 2 heterocycles. The lowest BCUT2D eigenvalue weighted by molar-refractivity contribution is 0.101. The van der Waals surface area contributed by atoms with Gasteiger partial charge in [0.05, 0.1) is 0 Å². The predicted molar refractivity (Wildman–Crippen MR) is 53.5 cm³/mol. The highest BCUT2D eigenvalue weighted by atomic mass is 16.1. The Kier molecular flexibility index (Phi) is 2.43. The Bertz CT molecular complexity index is 345. The summed E-state index contributed by atoms with van der Waals surface area (Å²) in [5.41, 5.74) is 0.502. The highest BCUT2D eigenvalue weighted by Gasteiger charge is 2.15. The first-order valence-corrected chi connectivity index (χ1v) is 4.86. The Labute approximate surface area is 83.0 Å². The van der Waals surface area contributed by atoms with Crippen molar-refractivity contribution in [1.29, 1.82) is 0 Å². The molecule has 0 saturated carbocycles. The van der Waals surface area contributed by atoms with Crippen molar-refractivity contribution in [1.82, 2.24) is 9.97 Å². The zero-order valence-electron chi connectivity index (χ0n) is 8.23. The second-order valence-corrected chi connectivity index (χ2v) is 3.49. The molecule has 0 aromatic carbocycles. The predicted octanol–water partition coefficient (Wildman–Crippen LogP) is 1.28. The molecule has 0 aliphatic carbocycles. The number of rotatable bonds is 2. The molecule has 0 amide bonds. The topological polar surface area (TPSA) is 46.1 Å². The molecule has 74 valence electrons. The summed E-state index contributed by atoms with van der Waals surface area (Å²) >= 11 is 0. The van der Waals surface area contributed by atoms with E-state index >= 15 is 0 Å². The molecular formula is C10H13N3O. The van der Waals surface area contributed by atoms with E-state index in [2.05, 4.69) is 14.9 Å². The van der Waals surface area contributed by atoms with Crippen molar-refractivity contribution in [2.45, 2.75) is 19.8 Å². The van der Waals surface area contributed by atoms with Crippen LogP contribution in [0.4, 0.5) is 5.95 Å². The Morgan fingerprint density at radius 2 is 2.14 bits per heavy atom. The summed E-state index contributed by atoms with van der Waals surface area (Å²) in [6.45, 7) is 3.53. The summed E-state index contributed by atoms with van der Waals surface area (Å²) in [5.74, 6) is 0.683. The smallest absolute Gasteiger partial charge is 0.225 e. The van der Waals surface area contributed by atoms with Crippen LogP contribution >= 0.6 is 0 Å². The molecular weight excluding hydrogens is 178 g/mol. The van der Waals surface area contributed by atoms with Crippen molar-refractivity contribution >= 4 is 11.7 Å². The fraction of sp³-hybridized carbons (Fsp3) is 0.500. The second kappa shape index (κ2) is 3.74. The maximum atomic E-state index is 11.1. The van der Waals surface area contributed by atoms with Crippen LogP contribution in [0.15, 0.2) is 12.3 Å². The summed E-state index contributed by atoms with van der Waals surface area (Å²) in [6.07, 6.45) is 4.03. The first-order chi connectivity index (χ1) is 6.77. The molecule has 4 nitrogen and oxygen atoms in total. The average molecular weight is 191 g/mol. The van der Waals surface area contributed by atoms with Crippen LogP contribution in [0.25, 0.3) is 0 Å². The monoisotopic (exact) mass is 191 g/mol. The molecule has 0 atom stereocenters. The molecule has 1 saturated heterocycles. The van der Waals surface area contributed by atoms with Crippen LogP contribution in [0.2, 0.25) is 0 Å². The number of carbonyl (C=O) groups is 1. The van der Waals surface area contributed by atoms with E-state index in [0.717, 1.165) is 13.1 Å². The quantitative estimate of drug-likeness (QED) is 0.660. The Morgan fingerprint density at radius 3 is 2.79 bits per heavy atom. The molecule has 0 unspecified atom stereocenters. The lowest BCUT2D eigenvalue weighted by Crippen LogP contribution is -2.21. The maximum Gasteiger partial charge on any atom is 0.225 e. The third-order valence-electron chi connectivity index (χ3n) is 2.39. The van der Waals surface area contributed by atoms with Crippen LogP contribution in [0.5, 0.6) is 0 Å². The lowest BCUT2D eigenvalue weighted by atomic mass is 10.3. The Morgan fingerprint density at radius 1 is 1.43 bits per heavy atom. The largest absolute Gasteiger partial charge is 0.341 e. The number of ketones is 1. The number of Topliss-reactive ketones (excluding diaryl/α,β-unsaturated/α-hetero) is 1. The molecule has 1 aliphatic rings. The van der Waals surface area contributed by atoms with Crippen LogP contribution in [0.1, 0.15) is 30.3 Å². The van der Waals surface area contributed by atoms with Crippen LogP contribution in [-0.2, 0) is 0 Å². The Balaban J connectivity index is 2.25. The van der Waals surface area contributed by atoms with E-state index in [1.807, 2.05) is 0 Å². The highest BCUT2D eigenvalue weighted by molar-refractivity contribution is 5.92. The zero-order chi connectivity index (χ0) is 9.97. The van der Waals surface area contributed by atoms with Gasteiger partial charge in [0, 0.05) is 26.2 Å². The van der Waals surface area contributed by atoms with Crippen LogP contribution in [0, 0.1) is 0 Å². The number of aromatic nitrogens is 2. The van der Waals surface area contributed by atoms with Crippen molar-refractivity contribution in [3.05, 3.63) is 18.0 Å². The third kappa shape index (κ3) is 1.73. The van der Waals surface area contributed by atoms with E-state index in [-0.39, 0.29) is 5.78 Å². The molecule has 14 heavy (non-hydrogen) atoms. The lowest BCUT2D eigenvalue weighted by Gasteiger charge is -2.14. The number of hydrogen-bond acceptors (Lipinski definition) is 4. The summed E-state index contributed by atoms with van der Waals surface area (Å²) in [7, 11) is 0. The SMILES string of the molecule is CC(=O)c1ccnc(N2CCCC2)n1. The van der Waals surface area contributed by atoms with Crippen LogP contribution in [-0.4, -0.2) is 28.8 Å². The molecule has 4 heteroatoms. The zero-order valence-corrected chi connectivity index (χ0v) is 8.23. The van der Waals surface area contributed by atoms with E-state index in [0.29, 0.717) is 11.6 Å². The third-order valence-corrected chi connectivity index (χ3v) is 2.39. The van der Waals surface area contributed by atoms with E-state index in [1.165, 1.54) is 19.8 Å². The van der Waals surface area contributed by atoms with Gasteiger partial charge in [-0.05, 0) is 18.9 Å². The molecule has 1 aromatic rings. The number of anilines is 1. The second-order valence-electron chi connectivity index (χ2n) is 3.49. The summed E-state index contributed by atoms with van der Waals surface area (Å²) in [5, 5.41) is 0. The van der Waals surface area contributed by atoms with E-state index in [1.54, 1.807) is 12.3 Å². The van der Waals surface area contributed by atoms with Crippen molar-refractivity contribution in [3.8, 4) is 0 Å². The average Bonchev–Trinajstić information content (AvgIpc) is 2.71. The molecule has 1 aliphatic heterocycles. The Hall–Kier alpha value is -1.45. The highest BCUT2D eigenvalue weighted by Crippen LogP contribution is 2.15. The molecule has 0 bridgehead atoms. The molecule has 0 radical (unpaired) electrons. The van der Waals surface area contributed by atoms with E-state index < -0.39 is 0 Å². The van der Waals surface area contributed by atoms with Gasteiger partial charge < -0.3 is 4.90 Å². The van der Waals surface area contributed by atoms with Crippen molar-refractivity contribution in [2.75, 3.05) is 18.0 Å². The molecule has 1 fully saturated rings. The van der Waals surface area contributed by atoms with Gasteiger partial charge in [0.1, 0.15) is 5.69 Å². The minimum Gasteiger partial charge on any atom is -0.341 e. The van der Waals surface area contributed by atoms with E-state index in [4.69, 9.17) is 0 Å². The molecule has 1 aromatic heterocycles. The van der Waals surface area contributed by atoms with Gasteiger partial charge in [-0.3, -0.25) is 4.79 Å². The van der Waals surface area contributed by atoms with Gasteiger partial charge in [-0.2, -0.15) is 0 Å². The number of hydrogen-bond donors (Lipinski definition) is 0. The minimum absolute atomic E-state index is 0.00662. The molecule has 2 rings (SSSR count). The van der Waals surface area contributed by atoms with Gasteiger partial charge in [-0.25, -0.2) is 9.97 Å². The fourth-order valence-electron chi connectivity index (χ4n) is 1.61. The standard InChI is InChI=1S/C10H13N3O/c1-8(14)9-4-5-11-10(12-9)13-6-2-3-7-13/h4-5H,2-3,6-7H2,1H3. The van der Waals surface area contributed by atoms with Gasteiger partial charge in [0.25, 0.3) is 0 Å². The van der Waals surface area contributed by atoms with E-state index in [9.17, 15) is 4.79 Å². The van der Waals surface area contributed by atoms with Gasteiger partial charge in [-0.1, -0.05) is 0 Å². The van der Waals surface area contributed by atoms with Gasteiger partial charge in [-0.15, -0.1) is 0 Å². The van der Waals surface area contributed by atoms with Gasteiger partial charge >= 0.3 is 0 Å². The first-order valence-electron chi connectivity index (χ1n) is 4.86. The molecule has 0 N–H and O–H groups in total. The number of carbonyl (C=O) groups excluding carboxylic acids is 1. The summed E-state index contributed by atoms with van der Waals surface area (Å²) in [4.78, 5) is 21.6. The molecule has 0 spiro atoms. The minimum atomic E-state index is -0.00662. The van der Waals surface area contributed by atoms with Gasteiger partial charge in [0.15, 0.2) is 5.78 Å². The van der Waals surface area contributed by atoms with Crippen molar-refractivity contribution in [3.63, 3.8) is 0 Å². The fourth-order valence-corrected chi connectivity index (χ4v) is 1.61. The van der Waals surface area contributed by atoms with Gasteiger partial charge in [0.2, 0.25) is 5.95 Å². The summed E-state index contributed by atoms with van der Waals surface area (Å²) in [6, 6.07) is 1.65. The van der Waals surface area contributed by atoms with Crippen molar-refractivity contribution < 1.29 is 4.79 Å². The number of nitrogens with zero attached hydrogens (tertiary/aromatic N) is 3. The normalized spacial score (nSPS) is 15.9. The van der Waals surface area contributed by atoms with Crippen molar-refractivity contribution in [2.24, 2.45) is 0 Å².